The highest BCUT2D eigenvalue weighted by molar-refractivity contribution is 6.02. The van der Waals surface area contributed by atoms with E-state index in [2.05, 4.69) is 11.9 Å². The van der Waals surface area contributed by atoms with Crippen LogP contribution in [0.25, 0.3) is 0 Å². The Morgan fingerprint density at radius 2 is 1.62 bits per heavy atom. The topological polar surface area (TPSA) is 103 Å². The average molecular weight is 397 g/mol. The van der Waals surface area contributed by atoms with Crippen LogP contribution in [0.4, 0.5) is 5.69 Å². The Morgan fingerprint density at radius 3 is 2.14 bits per heavy atom. The molecule has 0 atom stereocenters. The highest BCUT2D eigenvalue weighted by Crippen LogP contribution is 2.24. The van der Waals surface area contributed by atoms with Crippen LogP contribution in [0.3, 0.4) is 0 Å². The molecule has 1 fully saturated rings. The number of carbonyl (C=O) groups is 3. The zero-order valence-corrected chi connectivity index (χ0v) is 16.4. The normalized spacial score (nSPS) is 13.9. The number of piperazine rings is 1. The van der Waals surface area contributed by atoms with E-state index in [9.17, 15) is 19.5 Å². The van der Waals surface area contributed by atoms with Gasteiger partial charge in [-0.1, -0.05) is 6.58 Å². The summed E-state index contributed by atoms with van der Waals surface area (Å²) in [4.78, 5) is 40.2. The van der Waals surface area contributed by atoms with Crippen molar-refractivity contribution in [3.63, 3.8) is 0 Å². The first-order chi connectivity index (χ1) is 13.8. The lowest BCUT2D eigenvalue weighted by molar-refractivity contribution is -0.111. The summed E-state index contributed by atoms with van der Waals surface area (Å²) in [5.74, 6) is 0.191. The maximum atomic E-state index is 12.8. The number of benzene rings is 1. The maximum absolute atomic E-state index is 12.8. The lowest BCUT2D eigenvalue weighted by Gasteiger charge is -2.34. The molecule has 0 radical (unpaired) electrons. The fraction of sp³-hybridized carbons (Fsp3) is 0.286. The predicted octanol–water partition coefficient (Wildman–Crippen LogP) is 2.32. The van der Waals surface area contributed by atoms with Crippen LogP contribution in [-0.2, 0) is 4.79 Å². The van der Waals surface area contributed by atoms with Gasteiger partial charge in [0.15, 0.2) is 0 Å². The molecule has 152 valence electrons. The lowest BCUT2D eigenvalue weighted by Crippen LogP contribution is -2.50. The first-order valence-corrected chi connectivity index (χ1v) is 9.22. The highest BCUT2D eigenvalue weighted by Gasteiger charge is 2.28. The van der Waals surface area contributed by atoms with Crippen LogP contribution in [-0.4, -0.2) is 58.8 Å². The highest BCUT2D eigenvalue weighted by atomic mass is 16.3. The summed E-state index contributed by atoms with van der Waals surface area (Å²) in [6.07, 6.45) is 1.12. The molecule has 2 N–H and O–H groups in total. The second-order valence-corrected chi connectivity index (χ2v) is 6.84. The molecule has 1 aliphatic rings. The monoisotopic (exact) mass is 397 g/mol. The molecule has 29 heavy (non-hydrogen) atoms. The molecule has 1 aromatic heterocycles. The number of anilines is 1. The van der Waals surface area contributed by atoms with Gasteiger partial charge in [-0.3, -0.25) is 14.4 Å². The number of nitrogens with one attached hydrogen (secondary N) is 1. The average Bonchev–Trinajstić information content (AvgIpc) is 3.06. The Kier molecular flexibility index (Phi) is 5.72. The van der Waals surface area contributed by atoms with E-state index in [0.29, 0.717) is 49.0 Å². The number of nitrogens with zero attached hydrogens (tertiary/aromatic N) is 2. The van der Waals surface area contributed by atoms with Gasteiger partial charge in [0.2, 0.25) is 5.91 Å². The van der Waals surface area contributed by atoms with Gasteiger partial charge in [-0.25, -0.2) is 0 Å². The number of phenolic OH excluding ortho intramolecular Hbond substituents is 1. The van der Waals surface area contributed by atoms with Gasteiger partial charge in [0.1, 0.15) is 17.3 Å². The van der Waals surface area contributed by atoms with Crippen molar-refractivity contribution >= 4 is 23.4 Å². The van der Waals surface area contributed by atoms with Crippen LogP contribution in [0.1, 0.15) is 32.2 Å². The maximum Gasteiger partial charge on any atom is 0.257 e. The fourth-order valence-electron chi connectivity index (χ4n) is 3.27. The molecule has 0 saturated carbocycles. The van der Waals surface area contributed by atoms with Crippen molar-refractivity contribution in [1.29, 1.82) is 0 Å². The first kappa shape index (κ1) is 20.2. The van der Waals surface area contributed by atoms with Gasteiger partial charge in [0, 0.05) is 31.9 Å². The van der Waals surface area contributed by atoms with Crippen molar-refractivity contribution in [2.24, 2.45) is 0 Å². The quantitative estimate of drug-likeness (QED) is 0.609. The van der Waals surface area contributed by atoms with Gasteiger partial charge in [0.05, 0.1) is 11.1 Å². The third-order valence-corrected chi connectivity index (χ3v) is 4.81. The minimum absolute atomic E-state index is 0.0907. The van der Waals surface area contributed by atoms with Gasteiger partial charge < -0.3 is 24.6 Å². The fourth-order valence-corrected chi connectivity index (χ4v) is 3.27. The zero-order chi connectivity index (χ0) is 21.1. The van der Waals surface area contributed by atoms with Crippen LogP contribution >= 0.6 is 0 Å². The molecule has 0 aliphatic carbocycles. The number of aryl methyl sites for hydroxylation is 2. The van der Waals surface area contributed by atoms with Crippen molar-refractivity contribution in [3.05, 3.63) is 59.6 Å². The third kappa shape index (κ3) is 4.31. The molecule has 8 heteroatoms. The number of phenols is 1. The summed E-state index contributed by atoms with van der Waals surface area (Å²) in [6.45, 7) is 8.35. The Morgan fingerprint density at radius 1 is 1.03 bits per heavy atom. The molecule has 1 aliphatic heterocycles. The SMILES string of the molecule is C=CC(=O)Nc1ccc(O)c(C(=O)N2CCN(C(=O)c3cc(C)oc3C)CC2)c1. The standard InChI is InChI=1S/C21H23N3O5/c1-4-19(26)22-15-5-6-18(25)17(12-15)21(28)24-9-7-23(8-10-24)20(27)16-11-13(2)29-14(16)3/h4-6,11-12,25H,1,7-10H2,2-3H3,(H,22,26). The summed E-state index contributed by atoms with van der Waals surface area (Å²) in [6, 6.07) is 6.00. The number of carbonyl (C=O) groups excluding carboxylic acids is 3. The Labute approximate surface area is 168 Å². The minimum atomic E-state index is -0.411. The number of rotatable bonds is 4. The van der Waals surface area contributed by atoms with E-state index in [4.69, 9.17) is 4.42 Å². The lowest BCUT2D eigenvalue weighted by atomic mass is 10.1. The van der Waals surface area contributed by atoms with Crippen molar-refractivity contribution in [1.82, 2.24) is 9.80 Å². The zero-order valence-electron chi connectivity index (χ0n) is 16.4. The second kappa shape index (κ2) is 8.22. The summed E-state index contributed by atoms with van der Waals surface area (Å²) in [7, 11) is 0. The smallest absolute Gasteiger partial charge is 0.257 e. The van der Waals surface area contributed by atoms with Crippen molar-refractivity contribution < 1.29 is 23.9 Å². The van der Waals surface area contributed by atoms with Gasteiger partial charge in [-0.2, -0.15) is 0 Å². The van der Waals surface area contributed by atoms with E-state index in [1.165, 1.54) is 18.2 Å². The molecule has 2 heterocycles. The summed E-state index contributed by atoms with van der Waals surface area (Å²) in [5.41, 5.74) is 1.01. The number of furan rings is 1. The number of hydrogen-bond acceptors (Lipinski definition) is 5. The van der Waals surface area contributed by atoms with Crippen LogP contribution in [0.15, 0.2) is 41.3 Å². The largest absolute Gasteiger partial charge is 0.507 e. The molecule has 3 rings (SSSR count). The Balaban J connectivity index is 1.68. The van der Waals surface area contributed by atoms with E-state index in [0.717, 1.165) is 6.08 Å². The molecule has 2 aromatic rings. The predicted molar refractivity (Wildman–Crippen MR) is 107 cm³/mol. The van der Waals surface area contributed by atoms with Crippen LogP contribution in [0, 0.1) is 13.8 Å². The third-order valence-electron chi connectivity index (χ3n) is 4.81. The molecule has 8 nitrogen and oxygen atoms in total. The number of amides is 3. The first-order valence-electron chi connectivity index (χ1n) is 9.22. The van der Waals surface area contributed by atoms with E-state index in [-0.39, 0.29) is 23.1 Å². The summed E-state index contributed by atoms with van der Waals surface area (Å²) >= 11 is 0. The molecule has 3 amide bonds. The molecular weight excluding hydrogens is 374 g/mol. The van der Waals surface area contributed by atoms with Gasteiger partial charge in [0.25, 0.3) is 11.8 Å². The van der Waals surface area contributed by atoms with Crippen LogP contribution < -0.4 is 5.32 Å². The molecule has 1 saturated heterocycles. The van der Waals surface area contributed by atoms with Crippen molar-refractivity contribution in [3.8, 4) is 5.75 Å². The van der Waals surface area contributed by atoms with Gasteiger partial charge in [-0.15, -0.1) is 0 Å². The molecule has 0 bridgehead atoms. The summed E-state index contributed by atoms with van der Waals surface area (Å²) < 4.78 is 5.43. The van der Waals surface area contributed by atoms with Gasteiger partial charge >= 0.3 is 0 Å². The number of aromatic hydroxyl groups is 1. The van der Waals surface area contributed by atoms with Gasteiger partial charge in [-0.05, 0) is 44.2 Å². The summed E-state index contributed by atoms with van der Waals surface area (Å²) in [5, 5.41) is 12.7. The second-order valence-electron chi connectivity index (χ2n) is 6.84. The molecule has 1 aromatic carbocycles. The Hall–Kier alpha value is -3.55. The van der Waals surface area contributed by atoms with E-state index in [1.54, 1.807) is 29.7 Å². The van der Waals surface area contributed by atoms with Crippen molar-refractivity contribution in [2.75, 3.05) is 31.5 Å². The molecule has 0 spiro atoms. The van der Waals surface area contributed by atoms with E-state index in [1.807, 2.05) is 0 Å². The van der Waals surface area contributed by atoms with Crippen LogP contribution in [0.2, 0.25) is 0 Å². The molecule has 0 unspecified atom stereocenters. The number of hydrogen-bond donors (Lipinski definition) is 2. The van der Waals surface area contributed by atoms with Crippen molar-refractivity contribution in [2.45, 2.75) is 13.8 Å². The van der Waals surface area contributed by atoms with E-state index >= 15 is 0 Å². The minimum Gasteiger partial charge on any atom is -0.507 e. The van der Waals surface area contributed by atoms with E-state index < -0.39 is 5.91 Å². The van der Waals surface area contributed by atoms with Crippen LogP contribution in [0.5, 0.6) is 5.75 Å². The Bertz CT molecular complexity index is 971. The molecular formula is C21H23N3O5.